The molecule has 2 heterocycles. The average molecular weight is 350 g/mol. The highest BCUT2D eigenvalue weighted by Crippen LogP contribution is 2.23. The number of nitrogens with one attached hydrogen (secondary N) is 1. The van der Waals surface area contributed by atoms with E-state index in [1.807, 2.05) is 12.1 Å². The highest BCUT2D eigenvalue weighted by Gasteiger charge is 2.05. The van der Waals surface area contributed by atoms with Crippen molar-refractivity contribution in [3.05, 3.63) is 46.3 Å². The van der Waals surface area contributed by atoms with Crippen molar-refractivity contribution < 1.29 is 4.74 Å². The molecule has 2 aromatic rings. The second-order valence-corrected chi connectivity index (χ2v) is 5.69. The minimum absolute atomic E-state index is 0.613. The van der Waals surface area contributed by atoms with Gasteiger partial charge in [-0.15, -0.1) is 0 Å². The Bertz CT molecular complexity index is 589. The number of ether oxygens (including phenoxy) is 1. The third-order valence-electron chi connectivity index (χ3n) is 2.94. The lowest BCUT2D eigenvalue weighted by Crippen LogP contribution is -2.14. The van der Waals surface area contributed by atoms with E-state index in [0.717, 1.165) is 36.1 Å². The maximum Gasteiger partial charge on any atom is 0.219 e. The summed E-state index contributed by atoms with van der Waals surface area (Å²) in [7, 11) is 0. The summed E-state index contributed by atoms with van der Waals surface area (Å²) in [5, 5.41) is 3.40. The number of hydrogen-bond acceptors (Lipinski definition) is 4. The number of pyridine rings is 2. The fourth-order valence-electron chi connectivity index (χ4n) is 1.93. The van der Waals surface area contributed by atoms with Crippen molar-refractivity contribution in [2.45, 2.75) is 33.2 Å². The lowest BCUT2D eigenvalue weighted by Gasteiger charge is -2.10. The normalized spacial score (nSPS) is 10.6. The second-order valence-electron chi connectivity index (χ2n) is 4.78. The molecule has 0 atom stereocenters. The average Bonchev–Trinajstić information content (AvgIpc) is 2.47. The first-order valence-corrected chi connectivity index (χ1v) is 7.99. The Balaban J connectivity index is 2.15. The van der Waals surface area contributed by atoms with Crippen molar-refractivity contribution in [2.75, 3.05) is 6.54 Å². The zero-order chi connectivity index (χ0) is 15.1. The Labute approximate surface area is 134 Å². The smallest absolute Gasteiger partial charge is 0.219 e. The van der Waals surface area contributed by atoms with Gasteiger partial charge >= 0.3 is 0 Å². The van der Waals surface area contributed by atoms with Crippen LogP contribution >= 0.6 is 15.9 Å². The van der Waals surface area contributed by atoms with Gasteiger partial charge in [-0.3, -0.25) is 4.98 Å². The summed E-state index contributed by atoms with van der Waals surface area (Å²) in [5.74, 6) is 1.29. The molecule has 0 aliphatic rings. The van der Waals surface area contributed by atoms with Crippen LogP contribution in [0.15, 0.2) is 35.1 Å². The van der Waals surface area contributed by atoms with Crippen LogP contribution in [-0.4, -0.2) is 16.5 Å². The zero-order valence-electron chi connectivity index (χ0n) is 12.4. The van der Waals surface area contributed by atoms with Gasteiger partial charge in [-0.25, -0.2) is 4.98 Å². The maximum absolute atomic E-state index is 5.82. The van der Waals surface area contributed by atoms with Gasteiger partial charge < -0.3 is 10.1 Å². The van der Waals surface area contributed by atoms with Crippen LogP contribution in [0.2, 0.25) is 0 Å². The highest BCUT2D eigenvalue weighted by molar-refractivity contribution is 9.10. The van der Waals surface area contributed by atoms with Gasteiger partial charge in [0.15, 0.2) is 0 Å². The molecule has 112 valence electrons. The first kappa shape index (κ1) is 15.9. The second kappa shape index (κ2) is 8.10. The van der Waals surface area contributed by atoms with Gasteiger partial charge in [-0.1, -0.05) is 13.8 Å². The minimum Gasteiger partial charge on any atom is -0.437 e. The van der Waals surface area contributed by atoms with Crippen LogP contribution in [0.4, 0.5) is 0 Å². The van der Waals surface area contributed by atoms with E-state index in [1.54, 1.807) is 12.4 Å². The zero-order valence-corrected chi connectivity index (χ0v) is 14.0. The van der Waals surface area contributed by atoms with E-state index < -0.39 is 0 Å². The van der Waals surface area contributed by atoms with Crippen molar-refractivity contribution >= 4 is 15.9 Å². The van der Waals surface area contributed by atoms with Gasteiger partial charge in [0.05, 0.1) is 6.20 Å². The van der Waals surface area contributed by atoms with Crippen LogP contribution in [0.5, 0.6) is 11.6 Å². The van der Waals surface area contributed by atoms with Crippen LogP contribution in [0.3, 0.4) is 0 Å². The predicted octanol–water partition coefficient (Wildman–Crippen LogP) is 4.09. The Morgan fingerprint density at radius 3 is 2.76 bits per heavy atom. The van der Waals surface area contributed by atoms with E-state index in [2.05, 4.69) is 51.1 Å². The fraction of sp³-hybridized carbons (Fsp3) is 0.375. The summed E-state index contributed by atoms with van der Waals surface area (Å²) in [5.41, 5.74) is 2.22. The van der Waals surface area contributed by atoms with Crippen molar-refractivity contribution in [1.82, 2.24) is 15.3 Å². The molecule has 0 unspecified atom stereocenters. The maximum atomic E-state index is 5.82. The summed E-state index contributed by atoms with van der Waals surface area (Å²) >= 11 is 3.39. The molecule has 0 aliphatic carbocycles. The van der Waals surface area contributed by atoms with E-state index in [9.17, 15) is 0 Å². The topological polar surface area (TPSA) is 47.0 Å². The first-order chi connectivity index (χ1) is 10.2. The molecule has 0 aliphatic heterocycles. The van der Waals surface area contributed by atoms with Gasteiger partial charge in [0, 0.05) is 29.0 Å². The van der Waals surface area contributed by atoms with Crippen molar-refractivity contribution in [2.24, 2.45) is 0 Å². The molecule has 0 spiro atoms. The van der Waals surface area contributed by atoms with Gasteiger partial charge in [0.1, 0.15) is 5.75 Å². The van der Waals surface area contributed by atoms with E-state index >= 15 is 0 Å². The summed E-state index contributed by atoms with van der Waals surface area (Å²) in [6, 6.07) is 5.97. The summed E-state index contributed by atoms with van der Waals surface area (Å²) in [6.45, 7) is 6.09. The van der Waals surface area contributed by atoms with Crippen molar-refractivity contribution in [1.29, 1.82) is 0 Å². The number of rotatable bonds is 7. The largest absolute Gasteiger partial charge is 0.437 e. The molecular weight excluding hydrogens is 330 g/mol. The number of hydrogen-bond donors (Lipinski definition) is 1. The minimum atomic E-state index is 0.613. The van der Waals surface area contributed by atoms with Crippen LogP contribution in [0.1, 0.15) is 31.5 Å². The molecular formula is C16H20BrN3O. The number of nitrogens with zero attached hydrogens (tertiary/aromatic N) is 2. The molecule has 0 aromatic carbocycles. The number of halogens is 1. The molecule has 4 nitrogen and oxygen atoms in total. The summed E-state index contributed by atoms with van der Waals surface area (Å²) < 4.78 is 6.70. The first-order valence-electron chi connectivity index (χ1n) is 7.20. The molecule has 2 rings (SSSR count). The fourth-order valence-corrected chi connectivity index (χ4v) is 2.28. The molecule has 0 bridgehead atoms. The lowest BCUT2D eigenvalue weighted by atomic mass is 10.2. The van der Waals surface area contributed by atoms with Crippen LogP contribution in [0.25, 0.3) is 0 Å². The van der Waals surface area contributed by atoms with E-state index in [0.29, 0.717) is 11.6 Å². The van der Waals surface area contributed by atoms with Gasteiger partial charge in [0.25, 0.3) is 0 Å². The summed E-state index contributed by atoms with van der Waals surface area (Å²) in [6.07, 6.45) is 5.41. The lowest BCUT2D eigenvalue weighted by molar-refractivity contribution is 0.457. The van der Waals surface area contributed by atoms with Crippen molar-refractivity contribution in [3.63, 3.8) is 0 Å². The Morgan fingerprint density at radius 2 is 2.05 bits per heavy atom. The van der Waals surface area contributed by atoms with Gasteiger partial charge in [0.2, 0.25) is 5.88 Å². The standard InChI is InChI=1S/C16H20BrN3O/c1-3-5-18-9-12-6-14(4-2)20-16(7-12)21-15-8-13(17)10-19-11-15/h6-8,10-11,18H,3-5,9H2,1-2H3. The third-order valence-corrected chi connectivity index (χ3v) is 3.37. The van der Waals surface area contributed by atoms with Crippen LogP contribution in [0, 0.1) is 0 Å². The van der Waals surface area contributed by atoms with Crippen LogP contribution < -0.4 is 10.1 Å². The quantitative estimate of drug-likeness (QED) is 0.764. The number of aromatic nitrogens is 2. The molecule has 0 saturated heterocycles. The van der Waals surface area contributed by atoms with E-state index in [1.165, 1.54) is 5.56 Å². The molecule has 0 amide bonds. The van der Waals surface area contributed by atoms with Crippen molar-refractivity contribution in [3.8, 4) is 11.6 Å². The SMILES string of the molecule is CCCNCc1cc(CC)nc(Oc2cncc(Br)c2)c1. The predicted molar refractivity (Wildman–Crippen MR) is 87.6 cm³/mol. The van der Waals surface area contributed by atoms with Crippen LogP contribution in [-0.2, 0) is 13.0 Å². The van der Waals surface area contributed by atoms with Gasteiger partial charge in [-0.05, 0) is 53.0 Å². The highest BCUT2D eigenvalue weighted by atomic mass is 79.9. The Kier molecular flexibility index (Phi) is 6.14. The molecule has 1 N–H and O–H groups in total. The summed E-state index contributed by atoms with van der Waals surface area (Å²) in [4.78, 5) is 8.61. The van der Waals surface area contributed by atoms with E-state index in [4.69, 9.17) is 4.74 Å². The Hall–Kier alpha value is -1.46. The molecule has 5 heteroatoms. The molecule has 0 saturated carbocycles. The van der Waals surface area contributed by atoms with E-state index in [-0.39, 0.29) is 0 Å². The molecule has 0 fully saturated rings. The van der Waals surface area contributed by atoms with Gasteiger partial charge in [-0.2, -0.15) is 0 Å². The monoisotopic (exact) mass is 349 g/mol. The molecule has 21 heavy (non-hydrogen) atoms. The molecule has 0 radical (unpaired) electrons. The third kappa shape index (κ3) is 5.10. The molecule has 2 aromatic heterocycles. The Morgan fingerprint density at radius 1 is 1.19 bits per heavy atom. The number of aryl methyl sites for hydroxylation is 1.